The highest BCUT2D eigenvalue weighted by molar-refractivity contribution is 6.18. The Morgan fingerprint density at radius 2 is 1.74 bits per heavy atom. The van der Waals surface area contributed by atoms with Crippen molar-refractivity contribution in [3.05, 3.63) is 78.1 Å². The zero-order chi connectivity index (χ0) is 15.8. The van der Waals surface area contributed by atoms with Gasteiger partial charge in [-0.2, -0.15) is 5.10 Å². The molecule has 23 heavy (non-hydrogen) atoms. The number of carbonyl (C=O) groups is 1. The number of anilines is 1. The van der Waals surface area contributed by atoms with Gasteiger partial charge in [-0.05, 0) is 18.2 Å². The van der Waals surface area contributed by atoms with Gasteiger partial charge in [0.25, 0.3) is 0 Å². The molecule has 0 saturated heterocycles. The summed E-state index contributed by atoms with van der Waals surface area (Å²) in [5.74, 6) is 0.202. The Morgan fingerprint density at radius 1 is 1.00 bits per heavy atom. The van der Waals surface area contributed by atoms with Crippen LogP contribution in [0.15, 0.2) is 67.0 Å². The van der Waals surface area contributed by atoms with Gasteiger partial charge < -0.3 is 10.7 Å². The van der Waals surface area contributed by atoms with Crippen molar-refractivity contribution in [3.8, 4) is 5.69 Å². The molecule has 0 bridgehead atoms. The fourth-order valence-corrected chi connectivity index (χ4v) is 2.71. The summed E-state index contributed by atoms with van der Waals surface area (Å²) >= 11 is 0. The molecule has 0 unspecified atom stereocenters. The third kappa shape index (κ3) is 2.10. The Bertz CT molecular complexity index is 998. The van der Waals surface area contributed by atoms with Crippen LogP contribution in [0.2, 0.25) is 0 Å². The summed E-state index contributed by atoms with van der Waals surface area (Å²) in [4.78, 5) is 15.9. The van der Waals surface area contributed by atoms with E-state index in [2.05, 4.69) is 10.1 Å². The highest BCUT2D eigenvalue weighted by atomic mass is 16.1. The van der Waals surface area contributed by atoms with Crippen LogP contribution in [0.1, 0.15) is 15.9 Å². The predicted octanol–water partition coefficient (Wildman–Crippen LogP) is 3.17. The van der Waals surface area contributed by atoms with E-state index in [1.165, 1.54) is 6.20 Å². The van der Waals surface area contributed by atoms with Crippen molar-refractivity contribution in [2.45, 2.75) is 0 Å². The molecule has 3 N–H and O–H groups in total. The lowest BCUT2D eigenvalue weighted by Gasteiger charge is -2.04. The van der Waals surface area contributed by atoms with Crippen LogP contribution < -0.4 is 5.73 Å². The number of benzene rings is 2. The number of fused-ring (bicyclic) bond motifs is 1. The first-order valence-corrected chi connectivity index (χ1v) is 7.25. The smallest absolute Gasteiger partial charge is 0.200 e. The van der Waals surface area contributed by atoms with Crippen LogP contribution in [0.4, 0.5) is 5.82 Å². The van der Waals surface area contributed by atoms with Gasteiger partial charge in [0.05, 0.1) is 17.4 Å². The third-order valence-electron chi connectivity index (χ3n) is 3.89. The lowest BCUT2D eigenvalue weighted by atomic mass is 10.0. The van der Waals surface area contributed by atoms with Gasteiger partial charge in [-0.15, -0.1) is 0 Å². The molecule has 2 heterocycles. The topological polar surface area (TPSA) is 76.7 Å². The van der Waals surface area contributed by atoms with Crippen LogP contribution in [0.5, 0.6) is 0 Å². The molecule has 4 rings (SSSR count). The number of nitrogens with one attached hydrogen (secondary N) is 1. The number of aromatic nitrogens is 3. The number of H-pyrrole nitrogens is 1. The number of aromatic amines is 1. The largest absolute Gasteiger partial charge is 0.383 e. The van der Waals surface area contributed by atoms with E-state index < -0.39 is 0 Å². The first-order valence-electron chi connectivity index (χ1n) is 7.25. The van der Waals surface area contributed by atoms with Gasteiger partial charge in [0, 0.05) is 22.7 Å². The van der Waals surface area contributed by atoms with Crippen molar-refractivity contribution in [1.82, 2.24) is 14.8 Å². The van der Waals surface area contributed by atoms with Crippen molar-refractivity contribution >= 4 is 22.5 Å². The van der Waals surface area contributed by atoms with E-state index in [-0.39, 0.29) is 5.78 Å². The van der Waals surface area contributed by atoms with Crippen LogP contribution in [-0.4, -0.2) is 20.5 Å². The maximum atomic E-state index is 12.8. The Hall–Kier alpha value is -3.34. The number of carbonyl (C=O) groups excluding carboxylic acids is 1. The van der Waals surface area contributed by atoms with E-state index >= 15 is 0 Å². The molecule has 2 aromatic carbocycles. The van der Waals surface area contributed by atoms with Crippen molar-refractivity contribution < 1.29 is 4.79 Å². The average Bonchev–Trinajstić information content (AvgIpc) is 3.19. The Kier molecular flexibility index (Phi) is 2.98. The molecule has 0 saturated carbocycles. The lowest BCUT2D eigenvalue weighted by molar-refractivity contribution is 0.104. The summed E-state index contributed by atoms with van der Waals surface area (Å²) in [7, 11) is 0. The van der Waals surface area contributed by atoms with Crippen LogP contribution in [0, 0.1) is 0 Å². The minimum Gasteiger partial charge on any atom is -0.383 e. The Balaban J connectivity index is 1.80. The number of nitrogens with two attached hydrogens (primary N) is 1. The number of rotatable bonds is 3. The minimum atomic E-state index is -0.137. The number of nitrogen functional groups attached to an aromatic ring is 1. The zero-order valence-electron chi connectivity index (χ0n) is 12.2. The minimum absolute atomic E-state index is 0.137. The van der Waals surface area contributed by atoms with Crippen LogP contribution in [0.25, 0.3) is 16.6 Å². The molecule has 0 spiro atoms. The van der Waals surface area contributed by atoms with Gasteiger partial charge >= 0.3 is 0 Å². The van der Waals surface area contributed by atoms with Crippen molar-refractivity contribution in [2.24, 2.45) is 0 Å². The zero-order valence-corrected chi connectivity index (χ0v) is 12.2. The second-order valence-corrected chi connectivity index (χ2v) is 5.27. The van der Waals surface area contributed by atoms with Gasteiger partial charge in [-0.3, -0.25) is 4.79 Å². The highest BCUT2D eigenvalue weighted by Crippen LogP contribution is 2.24. The average molecular weight is 302 g/mol. The van der Waals surface area contributed by atoms with Gasteiger partial charge in [0.2, 0.25) is 5.78 Å². The van der Waals surface area contributed by atoms with Crippen molar-refractivity contribution in [2.75, 3.05) is 5.73 Å². The Morgan fingerprint density at radius 3 is 2.57 bits per heavy atom. The summed E-state index contributed by atoms with van der Waals surface area (Å²) in [6.07, 6.45) is 3.23. The molecular formula is C18H14N4O. The monoisotopic (exact) mass is 302 g/mol. The number of nitrogens with zero attached hydrogens (tertiary/aromatic N) is 2. The van der Waals surface area contributed by atoms with Crippen molar-refractivity contribution in [3.63, 3.8) is 0 Å². The van der Waals surface area contributed by atoms with Gasteiger partial charge in [0.15, 0.2) is 0 Å². The van der Waals surface area contributed by atoms with E-state index in [4.69, 9.17) is 5.73 Å². The predicted molar refractivity (Wildman–Crippen MR) is 89.7 cm³/mol. The number of ketones is 1. The molecule has 0 aliphatic rings. The van der Waals surface area contributed by atoms with E-state index in [0.29, 0.717) is 16.9 Å². The van der Waals surface area contributed by atoms with E-state index in [9.17, 15) is 4.79 Å². The van der Waals surface area contributed by atoms with Crippen LogP contribution >= 0.6 is 0 Å². The fraction of sp³-hybridized carbons (Fsp3) is 0. The van der Waals surface area contributed by atoms with Crippen LogP contribution in [0.3, 0.4) is 0 Å². The second-order valence-electron chi connectivity index (χ2n) is 5.27. The summed E-state index contributed by atoms with van der Waals surface area (Å²) in [5, 5.41) is 5.14. The normalized spacial score (nSPS) is 11.0. The molecule has 5 nitrogen and oxygen atoms in total. The Labute approximate surface area is 132 Å². The molecule has 0 aliphatic carbocycles. The second kappa shape index (κ2) is 5.14. The van der Waals surface area contributed by atoms with Crippen molar-refractivity contribution in [1.29, 1.82) is 0 Å². The number of hydrogen-bond donors (Lipinski definition) is 2. The SMILES string of the molecule is Nc1c(C(=O)c2c[nH]c3ccccc23)cnn1-c1ccccc1. The molecule has 0 amide bonds. The maximum absolute atomic E-state index is 12.8. The molecule has 0 fully saturated rings. The van der Waals surface area contributed by atoms with Gasteiger partial charge in [0.1, 0.15) is 5.82 Å². The maximum Gasteiger partial charge on any atom is 0.200 e. The summed E-state index contributed by atoms with van der Waals surface area (Å²) in [5.41, 5.74) is 8.90. The summed E-state index contributed by atoms with van der Waals surface area (Å²) in [6.45, 7) is 0. The van der Waals surface area contributed by atoms with E-state index in [0.717, 1.165) is 16.6 Å². The molecule has 5 heteroatoms. The molecule has 0 atom stereocenters. The van der Waals surface area contributed by atoms with Gasteiger partial charge in [-0.25, -0.2) is 4.68 Å². The highest BCUT2D eigenvalue weighted by Gasteiger charge is 2.20. The van der Waals surface area contributed by atoms with Crippen LogP contribution in [-0.2, 0) is 0 Å². The molecule has 0 radical (unpaired) electrons. The molecule has 112 valence electrons. The number of hydrogen-bond acceptors (Lipinski definition) is 3. The lowest BCUT2D eigenvalue weighted by Crippen LogP contribution is -2.07. The molecule has 0 aliphatic heterocycles. The van der Waals surface area contributed by atoms with Gasteiger partial charge in [-0.1, -0.05) is 36.4 Å². The summed E-state index contributed by atoms with van der Waals surface area (Å²) < 4.78 is 1.57. The van der Waals surface area contributed by atoms with E-state index in [1.54, 1.807) is 10.9 Å². The molecular weight excluding hydrogens is 288 g/mol. The molecule has 2 aromatic heterocycles. The summed E-state index contributed by atoms with van der Waals surface area (Å²) in [6, 6.07) is 17.2. The van der Waals surface area contributed by atoms with E-state index in [1.807, 2.05) is 54.6 Å². The third-order valence-corrected chi connectivity index (χ3v) is 3.89. The molecule has 4 aromatic rings. The first kappa shape index (κ1) is 13.3. The number of para-hydroxylation sites is 2. The standard InChI is InChI=1S/C18H14N4O/c19-18-15(11-21-22(18)12-6-2-1-3-7-12)17(23)14-10-20-16-9-5-4-8-13(14)16/h1-11,20H,19H2. The first-order chi connectivity index (χ1) is 11.3. The quantitative estimate of drug-likeness (QED) is 0.571. The fourth-order valence-electron chi connectivity index (χ4n) is 2.71.